The fraction of sp³-hybridized carbons (Fsp3) is 0.0833. The zero-order valence-electron chi connectivity index (χ0n) is 15.4. The van der Waals surface area contributed by atoms with Gasteiger partial charge in [0.25, 0.3) is 0 Å². The van der Waals surface area contributed by atoms with E-state index in [9.17, 15) is 0 Å². The molecule has 2 heterocycles. The molecule has 0 fully saturated rings. The predicted molar refractivity (Wildman–Crippen MR) is 110 cm³/mol. The molecule has 4 rings (SSSR count). The Morgan fingerprint density at radius 2 is 1.44 bits per heavy atom. The largest absolute Gasteiger partial charge is 0.497 e. The average Bonchev–Trinajstić information content (AvgIpc) is 2.74. The number of nitrogens with zero attached hydrogens (tertiary/aromatic N) is 2. The molecular formula is C24H20N2O. The van der Waals surface area contributed by atoms with Crippen molar-refractivity contribution < 1.29 is 4.74 Å². The van der Waals surface area contributed by atoms with E-state index < -0.39 is 0 Å². The summed E-state index contributed by atoms with van der Waals surface area (Å²) in [6.45, 7) is 2.11. The van der Waals surface area contributed by atoms with Gasteiger partial charge in [0.15, 0.2) is 0 Å². The molecule has 0 aliphatic heterocycles. The minimum Gasteiger partial charge on any atom is -0.497 e. The third-order valence-electron chi connectivity index (χ3n) is 4.60. The monoisotopic (exact) mass is 352 g/mol. The highest BCUT2D eigenvalue weighted by Crippen LogP contribution is 2.31. The summed E-state index contributed by atoms with van der Waals surface area (Å²) in [6.07, 6.45) is 1.80. The molecule has 0 saturated carbocycles. The summed E-state index contributed by atoms with van der Waals surface area (Å²) in [4.78, 5) is 9.39. The summed E-state index contributed by atoms with van der Waals surface area (Å²) in [5, 5.41) is 0. The molecule has 0 radical (unpaired) electrons. The van der Waals surface area contributed by atoms with Crippen LogP contribution in [0.25, 0.3) is 33.8 Å². The Balaban J connectivity index is 1.90. The molecular weight excluding hydrogens is 332 g/mol. The maximum atomic E-state index is 5.28. The van der Waals surface area contributed by atoms with Gasteiger partial charge in [-0.05, 0) is 60.0 Å². The maximum Gasteiger partial charge on any atom is 0.118 e. The Labute approximate surface area is 159 Å². The van der Waals surface area contributed by atoms with Crippen molar-refractivity contribution in [3.8, 4) is 39.5 Å². The molecule has 132 valence electrons. The number of pyridine rings is 2. The SMILES string of the molecule is COc1ccc(-c2cc(-c3ccccn3)nc(-c3ccccc3C)c2)cc1. The van der Waals surface area contributed by atoms with Crippen molar-refractivity contribution in [1.82, 2.24) is 9.97 Å². The first-order valence-corrected chi connectivity index (χ1v) is 8.88. The average molecular weight is 352 g/mol. The lowest BCUT2D eigenvalue weighted by Crippen LogP contribution is -1.94. The summed E-state index contributed by atoms with van der Waals surface area (Å²) in [5.41, 5.74) is 7.22. The van der Waals surface area contributed by atoms with Gasteiger partial charge in [0, 0.05) is 11.8 Å². The summed E-state index contributed by atoms with van der Waals surface area (Å²) < 4.78 is 5.28. The number of benzene rings is 2. The molecule has 0 amide bonds. The van der Waals surface area contributed by atoms with E-state index in [0.717, 1.165) is 39.5 Å². The minimum absolute atomic E-state index is 0.844. The second kappa shape index (κ2) is 7.42. The number of aryl methyl sites for hydroxylation is 1. The van der Waals surface area contributed by atoms with E-state index in [-0.39, 0.29) is 0 Å². The lowest BCUT2D eigenvalue weighted by molar-refractivity contribution is 0.415. The molecule has 0 aliphatic rings. The first kappa shape index (κ1) is 17.0. The van der Waals surface area contributed by atoms with Gasteiger partial charge in [-0.3, -0.25) is 4.98 Å². The fourth-order valence-electron chi connectivity index (χ4n) is 3.12. The molecule has 0 saturated heterocycles. The highest BCUT2D eigenvalue weighted by Gasteiger charge is 2.11. The molecule has 4 aromatic rings. The van der Waals surface area contributed by atoms with Gasteiger partial charge in [0.05, 0.1) is 24.2 Å². The minimum atomic E-state index is 0.844. The van der Waals surface area contributed by atoms with Gasteiger partial charge in [0.1, 0.15) is 5.75 Å². The number of hydrogen-bond donors (Lipinski definition) is 0. The molecule has 2 aromatic carbocycles. The van der Waals surface area contributed by atoms with Crippen molar-refractivity contribution in [3.63, 3.8) is 0 Å². The molecule has 0 bridgehead atoms. The Morgan fingerprint density at radius 1 is 0.704 bits per heavy atom. The van der Waals surface area contributed by atoms with Crippen LogP contribution in [0.15, 0.2) is 85.1 Å². The fourth-order valence-corrected chi connectivity index (χ4v) is 3.12. The lowest BCUT2D eigenvalue weighted by atomic mass is 9.99. The van der Waals surface area contributed by atoms with Gasteiger partial charge in [0.2, 0.25) is 0 Å². The summed E-state index contributed by atoms with van der Waals surface area (Å²) in [5.74, 6) is 0.844. The van der Waals surface area contributed by atoms with Crippen molar-refractivity contribution in [3.05, 3.63) is 90.6 Å². The third-order valence-corrected chi connectivity index (χ3v) is 4.60. The standard InChI is InChI=1S/C24H20N2O/c1-17-7-3-4-8-21(17)23-15-19(18-10-12-20(27-2)13-11-18)16-24(26-23)22-9-5-6-14-25-22/h3-16H,1-2H3. The van der Waals surface area contributed by atoms with Crippen LogP contribution in [0.5, 0.6) is 5.75 Å². The smallest absolute Gasteiger partial charge is 0.118 e. The van der Waals surface area contributed by atoms with Gasteiger partial charge in [-0.15, -0.1) is 0 Å². The molecule has 3 nitrogen and oxygen atoms in total. The van der Waals surface area contributed by atoms with Crippen molar-refractivity contribution in [2.75, 3.05) is 7.11 Å². The van der Waals surface area contributed by atoms with Crippen molar-refractivity contribution in [2.24, 2.45) is 0 Å². The van der Waals surface area contributed by atoms with Gasteiger partial charge < -0.3 is 4.74 Å². The normalized spacial score (nSPS) is 10.6. The number of aromatic nitrogens is 2. The van der Waals surface area contributed by atoms with Crippen molar-refractivity contribution >= 4 is 0 Å². The quantitative estimate of drug-likeness (QED) is 0.466. The number of rotatable bonds is 4. The number of methoxy groups -OCH3 is 1. The number of ether oxygens (including phenoxy) is 1. The molecule has 2 aromatic heterocycles. The molecule has 27 heavy (non-hydrogen) atoms. The van der Waals surface area contributed by atoms with E-state index in [1.54, 1.807) is 13.3 Å². The first-order valence-electron chi connectivity index (χ1n) is 8.88. The van der Waals surface area contributed by atoms with E-state index in [4.69, 9.17) is 9.72 Å². The molecule has 0 unspecified atom stereocenters. The van der Waals surface area contributed by atoms with Crippen molar-refractivity contribution in [2.45, 2.75) is 6.92 Å². The van der Waals surface area contributed by atoms with Crippen LogP contribution >= 0.6 is 0 Å². The molecule has 0 spiro atoms. The summed E-state index contributed by atoms with van der Waals surface area (Å²) >= 11 is 0. The Hall–Kier alpha value is -3.46. The van der Waals surface area contributed by atoms with Gasteiger partial charge >= 0.3 is 0 Å². The van der Waals surface area contributed by atoms with E-state index in [1.165, 1.54) is 5.56 Å². The molecule has 0 atom stereocenters. The predicted octanol–water partition coefficient (Wildman–Crippen LogP) is 5.79. The Kier molecular flexibility index (Phi) is 4.67. The zero-order valence-corrected chi connectivity index (χ0v) is 15.4. The van der Waals surface area contributed by atoms with E-state index >= 15 is 0 Å². The van der Waals surface area contributed by atoms with Crippen molar-refractivity contribution in [1.29, 1.82) is 0 Å². The van der Waals surface area contributed by atoms with Crippen LogP contribution in [0.1, 0.15) is 5.56 Å². The number of hydrogen-bond acceptors (Lipinski definition) is 3. The second-order valence-corrected chi connectivity index (χ2v) is 6.38. The van der Waals surface area contributed by atoms with Crippen LogP contribution in [-0.2, 0) is 0 Å². The summed E-state index contributed by atoms with van der Waals surface area (Å²) in [7, 11) is 1.68. The first-order chi connectivity index (χ1) is 13.2. The zero-order chi connectivity index (χ0) is 18.6. The maximum absolute atomic E-state index is 5.28. The highest BCUT2D eigenvalue weighted by molar-refractivity contribution is 5.76. The Bertz CT molecular complexity index is 1060. The second-order valence-electron chi connectivity index (χ2n) is 6.38. The van der Waals surface area contributed by atoms with Gasteiger partial charge in [-0.25, -0.2) is 4.98 Å². The molecule has 0 N–H and O–H groups in total. The van der Waals surface area contributed by atoms with Crippen LogP contribution < -0.4 is 4.74 Å². The molecule has 0 aliphatic carbocycles. The van der Waals surface area contributed by atoms with E-state index in [0.29, 0.717) is 0 Å². The van der Waals surface area contributed by atoms with Crippen LogP contribution in [0, 0.1) is 6.92 Å². The molecule has 3 heteroatoms. The lowest BCUT2D eigenvalue weighted by Gasteiger charge is -2.11. The van der Waals surface area contributed by atoms with Crippen LogP contribution in [0.4, 0.5) is 0 Å². The Morgan fingerprint density at radius 3 is 2.15 bits per heavy atom. The third kappa shape index (κ3) is 3.58. The topological polar surface area (TPSA) is 35.0 Å². The van der Waals surface area contributed by atoms with E-state index in [1.807, 2.05) is 42.5 Å². The van der Waals surface area contributed by atoms with Gasteiger partial charge in [-0.1, -0.05) is 42.5 Å². The highest BCUT2D eigenvalue weighted by atomic mass is 16.5. The van der Waals surface area contributed by atoms with E-state index in [2.05, 4.69) is 48.3 Å². The van der Waals surface area contributed by atoms with Crippen LogP contribution in [0.2, 0.25) is 0 Å². The van der Waals surface area contributed by atoms with Crippen LogP contribution in [0.3, 0.4) is 0 Å². The van der Waals surface area contributed by atoms with Crippen LogP contribution in [-0.4, -0.2) is 17.1 Å². The summed E-state index contributed by atoms with van der Waals surface area (Å²) in [6, 6.07) is 26.5. The van der Waals surface area contributed by atoms with Gasteiger partial charge in [-0.2, -0.15) is 0 Å².